The van der Waals surface area contributed by atoms with Crippen molar-refractivity contribution in [2.75, 3.05) is 25.5 Å². The van der Waals surface area contributed by atoms with Crippen molar-refractivity contribution >= 4 is 16.5 Å². The van der Waals surface area contributed by atoms with Crippen molar-refractivity contribution in [3.63, 3.8) is 0 Å². The van der Waals surface area contributed by atoms with Crippen LogP contribution in [0, 0.1) is 5.92 Å². The van der Waals surface area contributed by atoms with Crippen molar-refractivity contribution in [3.05, 3.63) is 5.01 Å². The summed E-state index contributed by atoms with van der Waals surface area (Å²) in [6.45, 7) is 9.49. The highest BCUT2D eigenvalue weighted by Crippen LogP contribution is 2.16. The van der Waals surface area contributed by atoms with Crippen molar-refractivity contribution < 1.29 is 0 Å². The summed E-state index contributed by atoms with van der Waals surface area (Å²) in [6.07, 6.45) is 1.23. The first-order valence-corrected chi connectivity index (χ1v) is 6.72. The van der Waals surface area contributed by atoms with Gasteiger partial charge in [-0.05, 0) is 19.9 Å². The van der Waals surface area contributed by atoms with Gasteiger partial charge in [-0.1, -0.05) is 31.6 Å². The maximum atomic E-state index is 4.17. The fourth-order valence-electron chi connectivity index (χ4n) is 1.50. The van der Waals surface area contributed by atoms with Gasteiger partial charge in [-0.15, -0.1) is 10.2 Å². The Hall–Kier alpha value is -0.680. The van der Waals surface area contributed by atoms with Crippen molar-refractivity contribution in [2.45, 2.75) is 33.7 Å². The fourth-order valence-corrected chi connectivity index (χ4v) is 2.38. The molecule has 4 nitrogen and oxygen atoms in total. The normalized spacial score (nSPS) is 13.1. The number of nitrogens with one attached hydrogen (secondary N) is 1. The van der Waals surface area contributed by atoms with E-state index in [2.05, 4.69) is 48.2 Å². The first kappa shape index (κ1) is 13.4. The smallest absolute Gasteiger partial charge is 0.205 e. The maximum absolute atomic E-state index is 4.17. The third kappa shape index (κ3) is 4.45. The highest BCUT2D eigenvalue weighted by Gasteiger charge is 2.08. The third-order valence-electron chi connectivity index (χ3n) is 2.52. The molecule has 0 aliphatic rings. The Bertz CT molecular complexity index is 300. The van der Waals surface area contributed by atoms with Crippen LogP contribution in [0.15, 0.2) is 0 Å². The Kier molecular flexibility index (Phi) is 5.69. The van der Waals surface area contributed by atoms with Crippen LogP contribution < -0.4 is 5.32 Å². The molecule has 1 atom stereocenters. The van der Waals surface area contributed by atoms with E-state index in [4.69, 9.17) is 0 Å². The lowest BCUT2D eigenvalue weighted by atomic mass is 10.1. The highest BCUT2D eigenvalue weighted by atomic mass is 32.1. The molecule has 0 saturated heterocycles. The van der Waals surface area contributed by atoms with E-state index in [0.717, 1.165) is 35.7 Å². The van der Waals surface area contributed by atoms with E-state index >= 15 is 0 Å². The minimum atomic E-state index is 0.742. The number of anilines is 1. The Morgan fingerprint density at radius 2 is 2.12 bits per heavy atom. The summed E-state index contributed by atoms with van der Waals surface area (Å²) in [5.41, 5.74) is 0. The molecule has 0 amide bonds. The minimum absolute atomic E-state index is 0.742. The molecule has 1 heterocycles. The molecule has 1 N–H and O–H groups in total. The van der Waals surface area contributed by atoms with Gasteiger partial charge in [-0.2, -0.15) is 0 Å². The van der Waals surface area contributed by atoms with Crippen LogP contribution in [0.3, 0.4) is 0 Å². The molecule has 0 aromatic carbocycles. The molecule has 5 heteroatoms. The zero-order valence-electron chi connectivity index (χ0n) is 10.7. The van der Waals surface area contributed by atoms with E-state index in [0.29, 0.717) is 0 Å². The van der Waals surface area contributed by atoms with E-state index in [-0.39, 0.29) is 0 Å². The Labute approximate surface area is 102 Å². The summed E-state index contributed by atoms with van der Waals surface area (Å²) in [5.74, 6) is 0.742. The molecule has 0 fully saturated rings. The largest absolute Gasteiger partial charge is 0.360 e. The molecule has 1 aromatic heterocycles. The zero-order chi connectivity index (χ0) is 12.0. The topological polar surface area (TPSA) is 41.1 Å². The molecular weight excluding hydrogens is 220 g/mol. The van der Waals surface area contributed by atoms with Crippen LogP contribution in [0.25, 0.3) is 0 Å². The van der Waals surface area contributed by atoms with Gasteiger partial charge < -0.3 is 5.32 Å². The lowest BCUT2D eigenvalue weighted by Crippen LogP contribution is -2.23. The second kappa shape index (κ2) is 6.81. The molecule has 0 spiro atoms. The van der Waals surface area contributed by atoms with Crippen molar-refractivity contribution in [2.24, 2.45) is 5.92 Å². The van der Waals surface area contributed by atoms with Crippen LogP contribution in [-0.2, 0) is 6.54 Å². The molecule has 0 aliphatic carbocycles. The van der Waals surface area contributed by atoms with Crippen LogP contribution >= 0.6 is 11.3 Å². The van der Waals surface area contributed by atoms with Crippen LogP contribution in [-0.4, -0.2) is 35.2 Å². The number of nitrogens with zero attached hydrogens (tertiary/aromatic N) is 3. The van der Waals surface area contributed by atoms with Gasteiger partial charge in [0, 0.05) is 13.1 Å². The van der Waals surface area contributed by atoms with Gasteiger partial charge in [0.25, 0.3) is 0 Å². The number of rotatable bonds is 7. The van der Waals surface area contributed by atoms with Gasteiger partial charge in [0.05, 0.1) is 6.54 Å². The fraction of sp³-hybridized carbons (Fsp3) is 0.818. The Balaban J connectivity index is 2.40. The van der Waals surface area contributed by atoms with E-state index in [1.165, 1.54) is 6.42 Å². The van der Waals surface area contributed by atoms with Gasteiger partial charge >= 0.3 is 0 Å². The second-order valence-electron chi connectivity index (χ2n) is 4.24. The number of hydrogen-bond donors (Lipinski definition) is 1. The van der Waals surface area contributed by atoms with Crippen LogP contribution in [0.1, 0.15) is 32.2 Å². The average Bonchev–Trinajstić information content (AvgIpc) is 2.65. The summed E-state index contributed by atoms with van der Waals surface area (Å²) in [4.78, 5) is 2.31. The lowest BCUT2D eigenvalue weighted by Gasteiger charge is -2.18. The summed E-state index contributed by atoms with van der Waals surface area (Å²) >= 11 is 1.65. The van der Waals surface area contributed by atoms with Crippen LogP contribution in [0.2, 0.25) is 0 Å². The van der Waals surface area contributed by atoms with Gasteiger partial charge in [-0.3, -0.25) is 4.90 Å². The monoisotopic (exact) mass is 242 g/mol. The van der Waals surface area contributed by atoms with Crippen molar-refractivity contribution in [1.29, 1.82) is 0 Å². The molecule has 0 bridgehead atoms. The summed E-state index contributed by atoms with van der Waals surface area (Å²) in [7, 11) is 2.14. The zero-order valence-corrected chi connectivity index (χ0v) is 11.5. The van der Waals surface area contributed by atoms with Crippen molar-refractivity contribution in [3.8, 4) is 0 Å². The molecule has 1 unspecified atom stereocenters. The molecule has 0 aliphatic heterocycles. The molecule has 0 radical (unpaired) electrons. The molecule has 1 rings (SSSR count). The predicted octanol–water partition coefficient (Wildman–Crippen LogP) is 2.45. The minimum Gasteiger partial charge on any atom is -0.360 e. The quantitative estimate of drug-likeness (QED) is 0.797. The molecule has 92 valence electrons. The van der Waals surface area contributed by atoms with Gasteiger partial charge in [0.2, 0.25) is 5.13 Å². The molecule has 1 aromatic rings. The first-order chi connectivity index (χ1) is 7.65. The van der Waals surface area contributed by atoms with Crippen LogP contribution in [0.4, 0.5) is 5.13 Å². The number of hydrogen-bond acceptors (Lipinski definition) is 5. The highest BCUT2D eigenvalue weighted by molar-refractivity contribution is 7.15. The van der Waals surface area contributed by atoms with Crippen molar-refractivity contribution in [1.82, 2.24) is 15.1 Å². The SMILES string of the molecule is CCNc1nnc(CN(C)CC(C)CC)s1. The Morgan fingerprint density at radius 1 is 1.38 bits per heavy atom. The number of aromatic nitrogens is 2. The van der Waals surface area contributed by atoms with E-state index in [9.17, 15) is 0 Å². The second-order valence-corrected chi connectivity index (χ2v) is 5.30. The third-order valence-corrected chi connectivity index (χ3v) is 3.39. The van der Waals surface area contributed by atoms with Gasteiger partial charge in [0.1, 0.15) is 5.01 Å². The predicted molar refractivity (Wildman–Crippen MR) is 69.9 cm³/mol. The van der Waals surface area contributed by atoms with Gasteiger partial charge in [-0.25, -0.2) is 0 Å². The maximum Gasteiger partial charge on any atom is 0.205 e. The summed E-state index contributed by atoms with van der Waals surface area (Å²) in [5, 5.41) is 13.5. The standard InChI is InChI=1S/C11H22N4S/c1-5-9(3)7-15(4)8-10-13-14-11(16-10)12-6-2/h9H,5-8H2,1-4H3,(H,12,14). The average molecular weight is 242 g/mol. The first-order valence-electron chi connectivity index (χ1n) is 5.90. The molecule has 16 heavy (non-hydrogen) atoms. The van der Waals surface area contributed by atoms with Gasteiger partial charge in [0.15, 0.2) is 0 Å². The van der Waals surface area contributed by atoms with Crippen LogP contribution in [0.5, 0.6) is 0 Å². The summed E-state index contributed by atoms with van der Waals surface area (Å²) < 4.78 is 0. The summed E-state index contributed by atoms with van der Waals surface area (Å²) in [6, 6.07) is 0. The lowest BCUT2D eigenvalue weighted by molar-refractivity contribution is 0.274. The van der Waals surface area contributed by atoms with E-state index in [1.54, 1.807) is 11.3 Å². The Morgan fingerprint density at radius 3 is 2.75 bits per heavy atom. The molecule has 0 saturated carbocycles. The molecular formula is C11H22N4S. The van der Waals surface area contributed by atoms with E-state index in [1.807, 2.05) is 0 Å². The van der Waals surface area contributed by atoms with E-state index < -0.39 is 0 Å².